The second-order valence-electron chi connectivity index (χ2n) is 4.72. The third-order valence-corrected chi connectivity index (χ3v) is 2.41. The molecule has 0 fully saturated rings. The van der Waals surface area contributed by atoms with E-state index in [0.29, 0.717) is 0 Å². The summed E-state index contributed by atoms with van der Waals surface area (Å²) < 4.78 is 0. The summed E-state index contributed by atoms with van der Waals surface area (Å²) >= 11 is 0. The molecule has 0 aliphatic rings. The molecule has 0 rings (SSSR count). The zero-order chi connectivity index (χ0) is 12.8. The van der Waals surface area contributed by atoms with Gasteiger partial charge in [-0.1, -0.05) is 13.3 Å². The molecular weight excluding hydrogens is 208 g/mol. The van der Waals surface area contributed by atoms with Gasteiger partial charge in [0, 0.05) is 19.0 Å². The molecule has 0 aromatic rings. The zero-order valence-electron chi connectivity index (χ0n) is 10.2. The Labute approximate surface area is 96.4 Å². The number of rotatable bonds is 7. The van der Waals surface area contributed by atoms with Crippen LogP contribution in [0.3, 0.4) is 0 Å². The van der Waals surface area contributed by atoms with Crippen molar-refractivity contribution in [3.63, 3.8) is 0 Å². The van der Waals surface area contributed by atoms with Crippen molar-refractivity contribution in [2.24, 2.45) is 11.1 Å². The Morgan fingerprint density at radius 3 is 2.44 bits per heavy atom. The number of carbonyl (C=O) groups is 2. The average molecular weight is 230 g/mol. The Balaban J connectivity index is 3.94. The van der Waals surface area contributed by atoms with Gasteiger partial charge in [-0.2, -0.15) is 0 Å². The maximum Gasteiger partial charge on any atom is 0.310 e. The Kier molecular flexibility index (Phi) is 6.03. The summed E-state index contributed by atoms with van der Waals surface area (Å²) in [5, 5.41) is 11.4. The fourth-order valence-corrected chi connectivity index (χ4v) is 1.18. The van der Waals surface area contributed by atoms with E-state index in [4.69, 9.17) is 10.8 Å². The molecule has 0 aromatic carbocycles. The molecule has 0 spiro atoms. The summed E-state index contributed by atoms with van der Waals surface area (Å²) in [6, 6.07) is -0.141. The lowest BCUT2D eigenvalue weighted by Gasteiger charge is -2.20. The SMILES string of the molecule is CCCC(N)CC(=O)NCC(C)(C)C(=O)O. The Hall–Kier alpha value is -1.10. The zero-order valence-corrected chi connectivity index (χ0v) is 10.2. The molecule has 5 nitrogen and oxygen atoms in total. The van der Waals surface area contributed by atoms with Crippen LogP contribution < -0.4 is 11.1 Å². The van der Waals surface area contributed by atoms with Crippen molar-refractivity contribution in [2.45, 2.75) is 46.1 Å². The minimum atomic E-state index is -0.940. The fourth-order valence-electron chi connectivity index (χ4n) is 1.18. The normalized spacial score (nSPS) is 13.2. The van der Waals surface area contributed by atoms with Crippen molar-refractivity contribution in [2.75, 3.05) is 6.54 Å². The average Bonchev–Trinajstić information content (AvgIpc) is 2.15. The maximum atomic E-state index is 11.4. The number of carboxylic acids is 1. The lowest BCUT2D eigenvalue weighted by molar-refractivity contribution is -0.146. The van der Waals surface area contributed by atoms with Gasteiger partial charge in [0.1, 0.15) is 0 Å². The lowest BCUT2D eigenvalue weighted by atomic mass is 9.94. The van der Waals surface area contributed by atoms with Crippen LogP contribution in [0.5, 0.6) is 0 Å². The number of aliphatic carboxylic acids is 1. The summed E-state index contributed by atoms with van der Waals surface area (Å²) in [7, 11) is 0. The van der Waals surface area contributed by atoms with E-state index in [1.807, 2.05) is 6.92 Å². The standard InChI is InChI=1S/C11H22N2O3/c1-4-5-8(12)6-9(14)13-7-11(2,3)10(15)16/h8H,4-7,12H2,1-3H3,(H,13,14)(H,15,16). The molecule has 1 atom stereocenters. The van der Waals surface area contributed by atoms with Crippen LogP contribution in [-0.2, 0) is 9.59 Å². The van der Waals surface area contributed by atoms with E-state index < -0.39 is 11.4 Å². The van der Waals surface area contributed by atoms with Crippen molar-refractivity contribution in [1.82, 2.24) is 5.32 Å². The highest BCUT2D eigenvalue weighted by molar-refractivity contribution is 5.78. The Bertz CT molecular complexity index is 252. The third-order valence-electron chi connectivity index (χ3n) is 2.41. The van der Waals surface area contributed by atoms with Crippen LogP contribution in [0.25, 0.3) is 0 Å². The van der Waals surface area contributed by atoms with E-state index >= 15 is 0 Å². The minimum Gasteiger partial charge on any atom is -0.481 e. The van der Waals surface area contributed by atoms with Gasteiger partial charge in [0.2, 0.25) is 5.91 Å². The highest BCUT2D eigenvalue weighted by atomic mass is 16.4. The summed E-state index contributed by atoms with van der Waals surface area (Å²) in [5.41, 5.74) is 4.77. The first kappa shape index (κ1) is 14.9. The molecular formula is C11H22N2O3. The topological polar surface area (TPSA) is 92.4 Å². The van der Waals surface area contributed by atoms with Crippen LogP contribution in [-0.4, -0.2) is 29.6 Å². The van der Waals surface area contributed by atoms with Gasteiger partial charge in [-0.3, -0.25) is 9.59 Å². The van der Waals surface area contributed by atoms with E-state index in [0.717, 1.165) is 12.8 Å². The molecule has 0 saturated carbocycles. The van der Waals surface area contributed by atoms with Crippen LogP contribution in [0.15, 0.2) is 0 Å². The second kappa shape index (κ2) is 6.48. The van der Waals surface area contributed by atoms with E-state index in [2.05, 4.69) is 5.32 Å². The fraction of sp³-hybridized carbons (Fsp3) is 0.818. The lowest BCUT2D eigenvalue weighted by Crippen LogP contribution is -2.40. The Morgan fingerprint density at radius 2 is 2.00 bits per heavy atom. The molecule has 0 aromatic heterocycles. The number of amides is 1. The van der Waals surface area contributed by atoms with Gasteiger partial charge in [-0.05, 0) is 20.3 Å². The molecule has 0 bridgehead atoms. The van der Waals surface area contributed by atoms with Crippen molar-refractivity contribution < 1.29 is 14.7 Å². The van der Waals surface area contributed by atoms with Crippen molar-refractivity contribution >= 4 is 11.9 Å². The quantitative estimate of drug-likeness (QED) is 0.601. The van der Waals surface area contributed by atoms with Crippen LogP contribution in [0.4, 0.5) is 0 Å². The van der Waals surface area contributed by atoms with Gasteiger partial charge < -0.3 is 16.2 Å². The van der Waals surface area contributed by atoms with Gasteiger partial charge in [0.05, 0.1) is 5.41 Å². The van der Waals surface area contributed by atoms with Gasteiger partial charge in [-0.25, -0.2) is 0 Å². The first-order valence-electron chi connectivity index (χ1n) is 5.55. The van der Waals surface area contributed by atoms with Crippen LogP contribution >= 0.6 is 0 Å². The second-order valence-corrected chi connectivity index (χ2v) is 4.72. The molecule has 0 saturated heterocycles. The first-order chi connectivity index (χ1) is 7.29. The smallest absolute Gasteiger partial charge is 0.310 e. The predicted molar refractivity (Wildman–Crippen MR) is 61.9 cm³/mol. The molecule has 0 radical (unpaired) electrons. The Morgan fingerprint density at radius 1 is 1.44 bits per heavy atom. The molecule has 16 heavy (non-hydrogen) atoms. The number of nitrogens with one attached hydrogen (secondary N) is 1. The molecule has 0 aliphatic heterocycles. The minimum absolute atomic E-state index is 0.125. The van der Waals surface area contributed by atoms with Gasteiger partial charge in [-0.15, -0.1) is 0 Å². The molecule has 4 N–H and O–H groups in total. The third kappa shape index (κ3) is 5.70. The van der Waals surface area contributed by atoms with E-state index in [1.54, 1.807) is 13.8 Å². The van der Waals surface area contributed by atoms with Crippen LogP contribution in [0.2, 0.25) is 0 Å². The van der Waals surface area contributed by atoms with E-state index in [1.165, 1.54) is 0 Å². The number of carboxylic acid groups (broad SMARTS) is 1. The molecule has 1 amide bonds. The maximum absolute atomic E-state index is 11.4. The molecule has 1 unspecified atom stereocenters. The van der Waals surface area contributed by atoms with Gasteiger partial charge >= 0.3 is 5.97 Å². The number of hydrogen-bond donors (Lipinski definition) is 3. The predicted octanol–water partition coefficient (Wildman–Crippen LogP) is 0.731. The van der Waals surface area contributed by atoms with Crippen molar-refractivity contribution in [1.29, 1.82) is 0 Å². The highest BCUT2D eigenvalue weighted by Gasteiger charge is 2.27. The van der Waals surface area contributed by atoms with Crippen molar-refractivity contribution in [3.05, 3.63) is 0 Å². The first-order valence-corrected chi connectivity index (χ1v) is 5.55. The number of nitrogens with two attached hydrogens (primary N) is 1. The van der Waals surface area contributed by atoms with Crippen LogP contribution in [0.1, 0.15) is 40.0 Å². The molecule has 0 aliphatic carbocycles. The summed E-state index contributed by atoms with van der Waals surface area (Å²) in [4.78, 5) is 22.2. The monoisotopic (exact) mass is 230 g/mol. The molecule has 5 heteroatoms. The summed E-state index contributed by atoms with van der Waals surface area (Å²) in [6.07, 6.45) is 1.99. The van der Waals surface area contributed by atoms with Gasteiger partial charge in [0.25, 0.3) is 0 Å². The van der Waals surface area contributed by atoms with E-state index in [-0.39, 0.29) is 24.9 Å². The van der Waals surface area contributed by atoms with Crippen LogP contribution in [0, 0.1) is 5.41 Å². The van der Waals surface area contributed by atoms with Crippen molar-refractivity contribution in [3.8, 4) is 0 Å². The summed E-state index contributed by atoms with van der Waals surface area (Å²) in [5.74, 6) is -1.11. The van der Waals surface area contributed by atoms with Gasteiger partial charge in [0.15, 0.2) is 0 Å². The highest BCUT2D eigenvalue weighted by Crippen LogP contribution is 2.13. The number of hydrogen-bond acceptors (Lipinski definition) is 3. The number of carbonyl (C=O) groups excluding carboxylic acids is 1. The molecule has 0 heterocycles. The van der Waals surface area contributed by atoms with E-state index in [9.17, 15) is 9.59 Å². The molecule has 94 valence electrons. The summed E-state index contributed by atoms with van der Waals surface area (Å²) in [6.45, 7) is 5.27. The largest absolute Gasteiger partial charge is 0.481 e.